The molecule has 0 aliphatic rings. The van der Waals surface area contributed by atoms with E-state index in [0.29, 0.717) is 0 Å². The van der Waals surface area contributed by atoms with E-state index < -0.39 is 0 Å². The lowest BCUT2D eigenvalue weighted by molar-refractivity contribution is -0.480. The molecule has 0 aliphatic heterocycles. The van der Waals surface area contributed by atoms with E-state index in [0.717, 1.165) is 38.5 Å². The van der Waals surface area contributed by atoms with Gasteiger partial charge in [0.2, 0.25) is 6.54 Å². The topological polar surface area (TPSA) is 43.1 Å². The zero-order valence-corrected chi connectivity index (χ0v) is 14.9. The number of nitrogens with zero attached hydrogens (tertiary/aromatic N) is 1. The number of unbranched alkanes of at least 4 members (excludes halogenated alkanes) is 8. The molecular weight excluding hydrogens is 286 g/mol. The Bertz CT molecular complexity index is 346. The summed E-state index contributed by atoms with van der Waals surface area (Å²) < 4.78 is 0. The van der Waals surface area contributed by atoms with Gasteiger partial charge in [0.15, 0.2) is 0 Å². The molecule has 3 nitrogen and oxygen atoms in total. The molecule has 0 spiro atoms. The molecule has 0 atom stereocenters. The molecule has 0 amide bonds. The fourth-order valence-electron chi connectivity index (χ4n) is 2.32. The molecule has 0 saturated heterocycles. The van der Waals surface area contributed by atoms with Crippen molar-refractivity contribution in [1.29, 1.82) is 0 Å². The third kappa shape index (κ3) is 20.6. The fourth-order valence-corrected chi connectivity index (χ4v) is 2.32. The van der Waals surface area contributed by atoms with E-state index in [2.05, 4.69) is 43.4 Å². The molecule has 0 rings (SSSR count). The molecular formula is C20H35NO2. The molecule has 23 heavy (non-hydrogen) atoms. The zero-order valence-electron chi connectivity index (χ0n) is 14.9. The van der Waals surface area contributed by atoms with Crippen LogP contribution in [-0.4, -0.2) is 11.5 Å². The highest BCUT2D eigenvalue weighted by molar-refractivity contribution is 4.97. The Kier molecular flexibility index (Phi) is 17.5. The third-order valence-electron chi connectivity index (χ3n) is 3.73. The normalized spacial score (nSPS) is 12.0. The largest absolute Gasteiger partial charge is 0.265 e. The molecule has 0 aromatic heterocycles. The molecule has 0 radical (unpaired) electrons. The predicted octanol–water partition coefficient (Wildman–Crippen LogP) is 6.63. The number of nitro groups is 1. The van der Waals surface area contributed by atoms with Gasteiger partial charge in [-0.05, 0) is 44.9 Å². The van der Waals surface area contributed by atoms with Crippen LogP contribution in [0.4, 0.5) is 0 Å². The fraction of sp³-hybridized carbons (Fsp3) is 0.700. The quantitative estimate of drug-likeness (QED) is 0.138. The highest BCUT2D eigenvalue weighted by Crippen LogP contribution is 2.06. The second-order valence-electron chi connectivity index (χ2n) is 5.99. The lowest BCUT2D eigenvalue weighted by Gasteiger charge is -1.97. The Labute approximate surface area is 142 Å². The summed E-state index contributed by atoms with van der Waals surface area (Å²) in [6, 6.07) is 0. The number of allylic oxidation sites excluding steroid dienone is 6. The van der Waals surface area contributed by atoms with Crippen LogP contribution in [0.5, 0.6) is 0 Å². The molecule has 0 bridgehead atoms. The van der Waals surface area contributed by atoms with Crippen molar-refractivity contribution in [3.8, 4) is 0 Å². The Morgan fingerprint density at radius 1 is 0.696 bits per heavy atom. The summed E-state index contributed by atoms with van der Waals surface area (Å²) in [5, 5.41) is 10.2. The van der Waals surface area contributed by atoms with E-state index in [-0.39, 0.29) is 11.5 Å². The van der Waals surface area contributed by atoms with Crippen molar-refractivity contribution in [2.75, 3.05) is 6.54 Å². The summed E-state index contributed by atoms with van der Waals surface area (Å²) in [5.74, 6) is 0. The van der Waals surface area contributed by atoms with E-state index in [9.17, 15) is 10.1 Å². The standard InChI is InChI=1S/C20H35NO2/c1-2-3-4-5-6-7-8-9-10-11-12-13-14-15-16-17-18-19-20-21(22)23/h6-7,9-10,12-13H,2-5,8,11,14-20H2,1H3/b7-6-,10-9-,13-12-. The average molecular weight is 322 g/mol. The monoisotopic (exact) mass is 321 g/mol. The van der Waals surface area contributed by atoms with Gasteiger partial charge in [-0.3, -0.25) is 10.1 Å². The molecule has 0 saturated carbocycles. The first-order chi connectivity index (χ1) is 11.3. The SMILES string of the molecule is CCCCC/C=C\C/C=C\C/C=C\CCCCCCC[N+](=O)[O-]. The minimum Gasteiger partial charge on any atom is -0.265 e. The third-order valence-corrected chi connectivity index (χ3v) is 3.73. The smallest absolute Gasteiger partial charge is 0.203 e. The van der Waals surface area contributed by atoms with Gasteiger partial charge in [0, 0.05) is 11.3 Å². The van der Waals surface area contributed by atoms with Crippen LogP contribution in [0.2, 0.25) is 0 Å². The van der Waals surface area contributed by atoms with E-state index in [1.165, 1.54) is 38.5 Å². The van der Waals surface area contributed by atoms with Gasteiger partial charge >= 0.3 is 0 Å². The lowest BCUT2D eigenvalue weighted by atomic mass is 10.1. The lowest BCUT2D eigenvalue weighted by Crippen LogP contribution is -1.99. The summed E-state index contributed by atoms with van der Waals surface area (Å²) in [5.41, 5.74) is 0. The highest BCUT2D eigenvalue weighted by Gasteiger charge is 1.95. The Balaban J connectivity index is 3.27. The molecule has 0 fully saturated rings. The van der Waals surface area contributed by atoms with E-state index in [1.807, 2.05) is 0 Å². The molecule has 3 heteroatoms. The van der Waals surface area contributed by atoms with Gasteiger partial charge in [-0.25, -0.2) is 0 Å². The van der Waals surface area contributed by atoms with Crippen LogP contribution < -0.4 is 0 Å². The first-order valence-corrected chi connectivity index (χ1v) is 9.34. The van der Waals surface area contributed by atoms with Gasteiger partial charge in [-0.15, -0.1) is 0 Å². The molecule has 0 aromatic rings. The van der Waals surface area contributed by atoms with Crippen LogP contribution >= 0.6 is 0 Å². The van der Waals surface area contributed by atoms with Crippen LogP contribution in [0.25, 0.3) is 0 Å². The van der Waals surface area contributed by atoms with Gasteiger partial charge in [-0.2, -0.15) is 0 Å². The summed E-state index contributed by atoms with van der Waals surface area (Å²) in [6.07, 6.45) is 27.0. The van der Waals surface area contributed by atoms with Gasteiger partial charge in [-0.1, -0.05) is 69.1 Å². The van der Waals surface area contributed by atoms with Gasteiger partial charge < -0.3 is 0 Å². The van der Waals surface area contributed by atoms with Crippen LogP contribution in [0.1, 0.15) is 84.0 Å². The number of rotatable bonds is 16. The summed E-state index contributed by atoms with van der Waals surface area (Å²) >= 11 is 0. The maximum absolute atomic E-state index is 10.2. The average Bonchev–Trinajstić information content (AvgIpc) is 2.53. The van der Waals surface area contributed by atoms with Crippen molar-refractivity contribution in [2.24, 2.45) is 0 Å². The molecule has 0 N–H and O–H groups in total. The van der Waals surface area contributed by atoms with Crippen LogP contribution in [0.3, 0.4) is 0 Å². The number of hydrogen-bond acceptors (Lipinski definition) is 2. The van der Waals surface area contributed by atoms with Gasteiger partial charge in [0.25, 0.3) is 0 Å². The van der Waals surface area contributed by atoms with E-state index in [1.54, 1.807) is 0 Å². The molecule has 0 unspecified atom stereocenters. The van der Waals surface area contributed by atoms with E-state index in [4.69, 9.17) is 0 Å². The second kappa shape index (κ2) is 18.7. The summed E-state index contributed by atoms with van der Waals surface area (Å²) in [7, 11) is 0. The van der Waals surface area contributed by atoms with E-state index >= 15 is 0 Å². The van der Waals surface area contributed by atoms with Crippen molar-refractivity contribution in [3.05, 3.63) is 46.6 Å². The predicted molar refractivity (Wildman–Crippen MR) is 100 cm³/mol. The number of hydrogen-bond donors (Lipinski definition) is 0. The van der Waals surface area contributed by atoms with Gasteiger partial charge in [0.05, 0.1) is 0 Å². The maximum atomic E-state index is 10.2. The Morgan fingerprint density at radius 2 is 1.17 bits per heavy atom. The highest BCUT2D eigenvalue weighted by atomic mass is 16.6. The zero-order chi connectivity index (χ0) is 17.0. The van der Waals surface area contributed by atoms with Gasteiger partial charge in [0.1, 0.15) is 0 Å². The minimum atomic E-state index is -0.224. The molecule has 132 valence electrons. The van der Waals surface area contributed by atoms with Crippen molar-refractivity contribution >= 4 is 0 Å². The maximum Gasteiger partial charge on any atom is 0.203 e. The van der Waals surface area contributed by atoms with Crippen LogP contribution in [0, 0.1) is 10.1 Å². The molecule has 0 heterocycles. The first kappa shape index (κ1) is 21.6. The van der Waals surface area contributed by atoms with Crippen molar-refractivity contribution in [2.45, 2.75) is 84.0 Å². The van der Waals surface area contributed by atoms with Crippen LogP contribution in [0.15, 0.2) is 36.5 Å². The summed E-state index contributed by atoms with van der Waals surface area (Å²) in [6.45, 7) is 2.36. The molecule has 0 aliphatic carbocycles. The first-order valence-electron chi connectivity index (χ1n) is 9.34. The van der Waals surface area contributed by atoms with Crippen LogP contribution in [-0.2, 0) is 0 Å². The van der Waals surface area contributed by atoms with Crippen molar-refractivity contribution in [1.82, 2.24) is 0 Å². The molecule has 0 aromatic carbocycles. The Hall–Kier alpha value is -1.38. The minimum absolute atomic E-state index is 0.125. The van der Waals surface area contributed by atoms with Crippen molar-refractivity contribution in [3.63, 3.8) is 0 Å². The Morgan fingerprint density at radius 3 is 1.74 bits per heavy atom. The summed E-state index contributed by atoms with van der Waals surface area (Å²) in [4.78, 5) is 9.93. The second-order valence-corrected chi connectivity index (χ2v) is 5.99. The van der Waals surface area contributed by atoms with Crippen molar-refractivity contribution < 1.29 is 4.92 Å².